The number of amides is 2. The fourth-order valence-electron chi connectivity index (χ4n) is 4.16. The Bertz CT molecular complexity index is 1050. The minimum absolute atomic E-state index is 0.0326. The zero-order valence-corrected chi connectivity index (χ0v) is 19.9. The summed E-state index contributed by atoms with van der Waals surface area (Å²) < 4.78 is 5.93. The molecular weight excluding hydrogens is 464 g/mol. The Morgan fingerprint density at radius 3 is 2.55 bits per heavy atom. The number of Topliss-reactive ketones (excluding diaryl/α,β-unsaturated/α-hetero) is 1. The Labute approximate surface area is 199 Å². The van der Waals surface area contributed by atoms with E-state index in [4.69, 9.17) is 4.74 Å². The number of nitrogens with one attached hydrogen (secondary N) is 2. The number of nitrogens with zero attached hydrogens (tertiary/aromatic N) is 2. The highest BCUT2D eigenvalue weighted by atomic mass is 32.2. The monoisotopic (exact) mass is 490 g/mol. The highest BCUT2D eigenvalue weighted by Crippen LogP contribution is 2.34. The van der Waals surface area contributed by atoms with Gasteiger partial charge in [-0.05, 0) is 37.3 Å². The van der Waals surface area contributed by atoms with Crippen molar-refractivity contribution in [3.8, 4) is 0 Å². The maximum Gasteiger partial charge on any atom is 0.356 e. The van der Waals surface area contributed by atoms with Gasteiger partial charge in [0.25, 0.3) is 0 Å². The van der Waals surface area contributed by atoms with Gasteiger partial charge in [-0.25, -0.2) is 14.6 Å². The van der Waals surface area contributed by atoms with Crippen LogP contribution >= 0.6 is 23.1 Å². The normalized spacial score (nSPS) is 16.6. The largest absolute Gasteiger partial charge is 0.476 e. The fourth-order valence-corrected chi connectivity index (χ4v) is 5.74. The van der Waals surface area contributed by atoms with Gasteiger partial charge in [-0.2, -0.15) is 0 Å². The number of carbonyl (C=O) groups excluding carboxylic acids is 2. The number of thiazole rings is 1. The second-order valence-corrected chi connectivity index (χ2v) is 9.99. The Hall–Kier alpha value is -2.63. The molecule has 1 aliphatic heterocycles. The predicted octanol–water partition coefficient (Wildman–Crippen LogP) is 4.42. The van der Waals surface area contributed by atoms with E-state index in [0.29, 0.717) is 28.7 Å². The second-order valence-electron chi connectivity index (χ2n) is 7.92. The van der Waals surface area contributed by atoms with Gasteiger partial charge in [0.2, 0.25) is 0 Å². The lowest BCUT2D eigenvalue weighted by Gasteiger charge is -2.29. The number of benzene rings is 1. The van der Waals surface area contributed by atoms with E-state index in [1.54, 1.807) is 12.3 Å². The smallest absolute Gasteiger partial charge is 0.356 e. The SMILES string of the molecule is CSc1sc(NC(=O)Nc2ccc(N3CCOCC3)cc2C(=O)C2CCCC2)nc1C(=O)O. The third-order valence-electron chi connectivity index (χ3n) is 5.82. The molecule has 1 saturated carbocycles. The zero-order valence-electron chi connectivity index (χ0n) is 18.3. The number of hydrogen-bond acceptors (Lipinski definition) is 8. The Morgan fingerprint density at radius 2 is 1.91 bits per heavy atom. The van der Waals surface area contributed by atoms with Crippen LogP contribution in [0.2, 0.25) is 0 Å². The van der Waals surface area contributed by atoms with Crippen molar-refractivity contribution in [1.29, 1.82) is 0 Å². The maximum absolute atomic E-state index is 13.3. The number of aromatic nitrogens is 1. The van der Waals surface area contributed by atoms with Crippen molar-refractivity contribution >= 4 is 57.4 Å². The number of anilines is 3. The molecule has 33 heavy (non-hydrogen) atoms. The van der Waals surface area contributed by atoms with Crippen molar-refractivity contribution < 1.29 is 24.2 Å². The summed E-state index contributed by atoms with van der Waals surface area (Å²) in [7, 11) is 0. The Morgan fingerprint density at radius 1 is 1.18 bits per heavy atom. The average molecular weight is 491 g/mol. The third-order valence-corrected chi connectivity index (χ3v) is 7.90. The molecule has 9 nitrogen and oxygen atoms in total. The first-order valence-corrected chi connectivity index (χ1v) is 12.9. The molecule has 0 radical (unpaired) electrons. The van der Waals surface area contributed by atoms with Gasteiger partial charge >= 0.3 is 12.0 Å². The van der Waals surface area contributed by atoms with E-state index in [9.17, 15) is 19.5 Å². The van der Waals surface area contributed by atoms with Gasteiger partial charge < -0.3 is 20.1 Å². The summed E-state index contributed by atoms with van der Waals surface area (Å²) in [5.41, 5.74) is 1.77. The molecule has 2 heterocycles. The lowest BCUT2D eigenvalue weighted by molar-refractivity contribution is 0.0687. The van der Waals surface area contributed by atoms with Crippen LogP contribution in [0.25, 0.3) is 0 Å². The molecule has 2 aromatic rings. The highest BCUT2D eigenvalue weighted by Gasteiger charge is 2.27. The number of rotatable bonds is 7. The van der Waals surface area contributed by atoms with Gasteiger partial charge in [-0.3, -0.25) is 10.1 Å². The zero-order chi connectivity index (χ0) is 23.4. The Balaban J connectivity index is 1.55. The molecule has 2 aliphatic rings. The Kier molecular flexibility index (Phi) is 7.51. The number of carboxylic acid groups (broad SMARTS) is 1. The number of morpholine rings is 1. The van der Waals surface area contributed by atoms with Crippen LogP contribution < -0.4 is 15.5 Å². The molecule has 0 bridgehead atoms. The third kappa shape index (κ3) is 5.48. The van der Waals surface area contributed by atoms with Crippen molar-refractivity contribution in [2.75, 3.05) is 48.1 Å². The molecule has 0 atom stereocenters. The number of thioether (sulfide) groups is 1. The molecule has 4 rings (SSSR count). The number of aromatic carboxylic acids is 1. The highest BCUT2D eigenvalue weighted by molar-refractivity contribution is 8.00. The average Bonchev–Trinajstić information content (AvgIpc) is 3.49. The van der Waals surface area contributed by atoms with Crippen LogP contribution in [-0.4, -0.2) is 60.4 Å². The van der Waals surface area contributed by atoms with Crippen molar-refractivity contribution in [2.24, 2.45) is 5.92 Å². The van der Waals surface area contributed by atoms with Gasteiger partial charge in [0.05, 0.1) is 23.1 Å². The van der Waals surface area contributed by atoms with Gasteiger partial charge in [-0.15, -0.1) is 11.8 Å². The van der Waals surface area contributed by atoms with Crippen LogP contribution in [0.3, 0.4) is 0 Å². The quantitative estimate of drug-likeness (QED) is 0.385. The lowest BCUT2D eigenvalue weighted by atomic mass is 9.94. The van der Waals surface area contributed by atoms with Gasteiger partial charge in [-0.1, -0.05) is 24.2 Å². The van der Waals surface area contributed by atoms with E-state index in [-0.39, 0.29) is 22.5 Å². The molecule has 1 aromatic heterocycles. The first-order chi connectivity index (χ1) is 16.0. The summed E-state index contributed by atoms with van der Waals surface area (Å²) in [5, 5.41) is 14.8. The van der Waals surface area contributed by atoms with Crippen LogP contribution in [0.5, 0.6) is 0 Å². The number of carboxylic acids is 1. The number of ether oxygens (including phenoxy) is 1. The fraction of sp³-hybridized carbons (Fsp3) is 0.455. The van der Waals surface area contributed by atoms with Crippen molar-refractivity contribution in [1.82, 2.24) is 4.98 Å². The molecule has 11 heteroatoms. The van der Waals surface area contributed by atoms with Crippen molar-refractivity contribution in [2.45, 2.75) is 29.9 Å². The molecule has 1 saturated heterocycles. The molecular formula is C22H26N4O5S2. The topological polar surface area (TPSA) is 121 Å². The number of carbonyl (C=O) groups is 3. The summed E-state index contributed by atoms with van der Waals surface area (Å²) in [6.07, 6.45) is 5.55. The molecule has 3 N–H and O–H groups in total. The molecule has 0 unspecified atom stereocenters. The lowest BCUT2D eigenvalue weighted by Crippen LogP contribution is -2.36. The minimum Gasteiger partial charge on any atom is -0.476 e. The summed E-state index contributed by atoms with van der Waals surface area (Å²) in [5.74, 6) is -1.13. The van der Waals surface area contributed by atoms with Gasteiger partial charge in [0.1, 0.15) is 0 Å². The molecule has 1 aliphatic carbocycles. The van der Waals surface area contributed by atoms with Crippen LogP contribution in [0, 0.1) is 5.92 Å². The van der Waals surface area contributed by atoms with Crippen LogP contribution in [0.15, 0.2) is 22.4 Å². The van der Waals surface area contributed by atoms with Crippen LogP contribution in [0.4, 0.5) is 21.3 Å². The predicted molar refractivity (Wildman–Crippen MR) is 129 cm³/mol. The standard InChI is InChI=1S/C22H26N4O5S2/c1-32-20-17(19(28)29)24-22(33-20)25-21(30)23-16-7-6-14(26-8-10-31-11-9-26)12-15(16)18(27)13-4-2-3-5-13/h6-7,12-13H,2-5,8-11H2,1H3,(H,28,29)(H2,23,24,25,30). The number of hydrogen-bond donors (Lipinski definition) is 3. The van der Waals surface area contributed by atoms with Crippen LogP contribution in [-0.2, 0) is 4.74 Å². The summed E-state index contributed by atoms with van der Waals surface area (Å²) >= 11 is 2.35. The van der Waals surface area contributed by atoms with Crippen LogP contribution in [0.1, 0.15) is 46.5 Å². The van der Waals surface area contributed by atoms with Gasteiger partial charge in [0, 0.05) is 30.3 Å². The first-order valence-electron chi connectivity index (χ1n) is 10.8. The minimum atomic E-state index is -1.15. The van der Waals surface area contributed by atoms with E-state index < -0.39 is 12.0 Å². The molecule has 0 spiro atoms. The maximum atomic E-state index is 13.3. The summed E-state index contributed by atoms with van der Waals surface area (Å²) in [6, 6.07) is 4.93. The van der Waals surface area contributed by atoms with E-state index in [2.05, 4.69) is 20.5 Å². The molecule has 176 valence electrons. The van der Waals surface area contributed by atoms with E-state index in [1.165, 1.54) is 11.8 Å². The molecule has 2 fully saturated rings. The van der Waals surface area contributed by atoms with E-state index in [0.717, 1.165) is 55.8 Å². The molecule has 2 amide bonds. The summed E-state index contributed by atoms with van der Waals surface area (Å²) in [6.45, 7) is 2.77. The van der Waals surface area contributed by atoms with Crippen molar-refractivity contribution in [3.63, 3.8) is 0 Å². The second kappa shape index (κ2) is 10.5. The summed E-state index contributed by atoms with van der Waals surface area (Å²) in [4.78, 5) is 43.5. The number of urea groups is 1. The van der Waals surface area contributed by atoms with Crippen molar-refractivity contribution in [3.05, 3.63) is 29.5 Å². The van der Waals surface area contributed by atoms with E-state index >= 15 is 0 Å². The molecule has 1 aromatic carbocycles. The van der Waals surface area contributed by atoms with Gasteiger partial charge in [0.15, 0.2) is 16.6 Å². The first kappa shape index (κ1) is 23.5. The number of ketones is 1. The van der Waals surface area contributed by atoms with E-state index in [1.807, 2.05) is 12.1 Å².